The van der Waals surface area contributed by atoms with Crippen LogP contribution >= 0.6 is 0 Å². The maximum Gasteiger partial charge on any atom is 0.417 e. The summed E-state index contributed by atoms with van der Waals surface area (Å²) in [4.78, 5) is 23.2. The highest BCUT2D eigenvalue weighted by Gasteiger charge is 2.38. The Balaban J connectivity index is 2.13. The molecule has 0 fully saturated rings. The third-order valence-corrected chi connectivity index (χ3v) is 4.19. The van der Waals surface area contributed by atoms with Crippen LogP contribution in [0.5, 0.6) is 0 Å². The summed E-state index contributed by atoms with van der Waals surface area (Å²) in [5.41, 5.74) is 0.577. The summed E-state index contributed by atoms with van der Waals surface area (Å²) in [5, 5.41) is 2.40. The molecule has 0 spiro atoms. The summed E-state index contributed by atoms with van der Waals surface area (Å²) < 4.78 is 81.1. The summed E-state index contributed by atoms with van der Waals surface area (Å²) >= 11 is 0. The molecule has 0 saturated carbocycles. The van der Waals surface area contributed by atoms with Crippen LogP contribution in [0.3, 0.4) is 0 Å². The van der Waals surface area contributed by atoms with E-state index >= 15 is 0 Å². The topological polar surface area (TPSA) is 72.2 Å². The Morgan fingerprint density at radius 1 is 0.767 bits per heavy atom. The average molecular weight is 426 g/mol. The Kier molecular flexibility index (Phi) is 5.19. The van der Waals surface area contributed by atoms with Crippen LogP contribution in [-0.4, -0.2) is 11.6 Å². The molecule has 0 saturated heterocycles. The molecule has 0 heterocycles. The van der Waals surface area contributed by atoms with Gasteiger partial charge in [-0.3, -0.25) is 9.59 Å². The summed E-state index contributed by atoms with van der Waals surface area (Å²) in [7, 11) is 0. The highest BCUT2D eigenvalue weighted by molar-refractivity contribution is 6.18. The van der Waals surface area contributed by atoms with Gasteiger partial charge in [0.2, 0.25) is 5.78 Å². The van der Waals surface area contributed by atoms with Crippen LogP contribution in [0, 0.1) is 0 Å². The van der Waals surface area contributed by atoms with Crippen LogP contribution in [0.15, 0.2) is 60.3 Å². The van der Waals surface area contributed by atoms with Gasteiger partial charge in [-0.15, -0.1) is 0 Å². The zero-order valence-corrected chi connectivity index (χ0v) is 14.9. The van der Waals surface area contributed by atoms with E-state index in [-0.39, 0.29) is 17.1 Å². The molecule has 0 amide bonds. The number of ketones is 2. The minimum atomic E-state index is -5.00. The van der Waals surface area contributed by atoms with E-state index in [0.29, 0.717) is 12.1 Å². The van der Waals surface area contributed by atoms with Gasteiger partial charge in [0.15, 0.2) is 5.78 Å². The molecule has 3 rings (SSSR count). The Morgan fingerprint density at radius 2 is 1.33 bits per heavy atom. The number of hydrogen-bond donors (Lipinski definition) is 2. The van der Waals surface area contributed by atoms with Crippen LogP contribution < -0.4 is 11.1 Å². The fraction of sp³-hybridized carbons (Fsp3) is 0.100. The molecule has 0 radical (unpaired) electrons. The first-order valence-electron chi connectivity index (χ1n) is 8.29. The van der Waals surface area contributed by atoms with Gasteiger partial charge in [0.25, 0.3) is 0 Å². The van der Waals surface area contributed by atoms with Crippen molar-refractivity contribution in [1.29, 1.82) is 0 Å². The molecule has 2 aromatic carbocycles. The standard InChI is InChI=1S/C20H12F6N2O2/c21-19(22,23)15-7-10(27)1-4-13(15)14-5-2-11(8-16(14)20(24,25)26)28-17-9-12(29)3-6-18(17)30/h1-9,28H,27H2. The number of rotatable bonds is 3. The Hall–Kier alpha value is -3.56. The van der Waals surface area contributed by atoms with E-state index in [2.05, 4.69) is 5.32 Å². The largest absolute Gasteiger partial charge is 0.417 e. The van der Waals surface area contributed by atoms with Gasteiger partial charge in [-0.2, -0.15) is 26.3 Å². The van der Waals surface area contributed by atoms with Gasteiger partial charge in [0.05, 0.1) is 16.8 Å². The number of benzene rings is 2. The fourth-order valence-corrected chi connectivity index (χ4v) is 2.88. The second-order valence-corrected chi connectivity index (χ2v) is 6.34. The molecule has 0 aromatic heterocycles. The molecular weight excluding hydrogens is 414 g/mol. The molecule has 10 heteroatoms. The van der Waals surface area contributed by atoms with Crippen molar-refractivity contribution in [3.8, 4) is 11.1 Å². The van der Waals surface area contributed by atoms with Gasteiger partial charge in [-0.05, 0) is 47.5 Å². The highest BCUT2D eigenvalue weighted by Crippen LogP contribution is 2.44. The van der Waals surface area contributed by atoms with Crippen molar-refractivity contribution < 1.29 is 35.9 Å². The molecule has 0 aliphatic heterocycles. The highest BCUT2D eigenvalue weighted by atomic mass is 19.4. The number of hydrogen-bond acceptors (Lipinski definition) is 4. The number of nitrogens with one attached hydrogen (secondary N) is 1. The molecule has 30 heavy (non-hydrogen) atoms. The normalized spacial score (nSPS) is 14.7. The van der Waals surface area contributed by atoms with E-state index in [1.807, 2.05) is 0 Å². The van der Waals surface area contributed by atoms with Crippen molar-refractivity contribution in [2.24, 2.45) is 0 Å². The lowest BCUT2D eigenvalue weighted by molar-refractivity contribution is -0.139. The maximum absolute atomic E-state index is 13.7. The van der Waals surface area contributed by atoms with Crippen molar-refractivity contribution in [2.45, 2.75) is 12.4 Å². The molecule has 2 aromatic rings. The van der Waals surface area contributed by atoms with E-state index in [1.165, 1.54) is 0 Å². The number of carbonyl (C=O) groups is 2. The molecule has 4 nitrogen and oxygen atoms in total. The number of nitrogens with two attached hydrogens (primary N) is 1. The Morgan fingerprint density at radius 3 is 1.93 bits per heavy atom. The number of alkyl halides is 6. The van der Waals surface area contributed by atoms with Crippen LogP contribution in [0.4, 0.5) is 37.7 Å². The summed E-state index contributed by atoms with van der Waals surface area (Å²) in [5.74, 6) is -1.17. The van der Waals surface area contributed by atoms with Gasteiger partial charge in [0.1, 0.15) is 0 Å². The average Bonchev–Trinajstić information content (AvgIpc) is 2.63. The predicted octanol–water partition coefficient (Wildman–Crippen LogP) is 4.98. The molecular formula is C20H12F6N2O2. The lowest BCUT2D eigenvalue weighted by atomic mass is 9.93. The smallest absolute Gasteiger partial charge is 0.399 e. The molecule has 3 N–H and O–H groups in total. The first kappa shape index (κ1) is 21.2. The zero-order chi connectivity index (χ0) is 22.3. The van der Waals surface area contributed by atoms with Gasteiger partial charge in [-0.25, -0.2) is 0 Å². The van der Waals surface area contributed by atoms with Crippen LogP contribution in [0.2, 0.25) is 0 Å². The second-order valence-electron chi connectivity index (χ2n) is 6.34. The molecule has 156 valence electrons. The maximum atomic E-state index is 13.7. The second kappa shape index (κ2) is 7.36. The fourth-order valence-electron chi connectivity index (χ4n) is 2.88. The lowest BCUT2D eigenvalue weighted by Crippen LogP contribution is -2.16. The van der Waals surface area contributed by atoms with E-state index in [9.17, 15) is 35.9 Å². The summed E-state index contributed by atoms with van der Waals surface area (Å²) in [6.07, 6.45) is -7.08. The SMILES string of the molecule is Nc1ccc(-c2ccc(NC3=CC(=O)C=CC3=O)cc2C(F)(F)F)c(C(F)(F)F)c1. The van der Waals surface area contributed by atoms with Gasteiger partial charge >= 0.3 is 12.4 Å². The van der Waals surface area contributed by atoms with E-state index in [0.717, 1.165) is 42.5 Å². The van der Waals surface area contributed by atoms with Gasteiger partial charge < -0.3 is 11.1 Å². The number of halogens is 6. The molecule has 1 aliphatic carbocycles. The quantitative estimate of drug-likeness (QED) is 0.413. The van der Waals surface area contributed by atoms with Crippen LogP contribution in [0.1, 0.15) is 11.1 Å². The van der Waals surface area contributed by atoms with Crippen LogP contribution in [-0.2, 0) is 21.9 Å². The molecule has 0 unspecified atom stereocenters. The van der Waals surface area contributed by atoms with Crippen molar-refractivity contribution in [2.75, 3.05) is 11.1 Å². The molecule has 0 bridgehead atoms. The van der Waals surface area contributed by atoms with Crippen LogP contribution in [0.25, 0.3) is 11.1 Å². The minimum Gasteiger partial charge on any atom is -0.399 e. The summed E-state index contributed by atoms with van der Waals surface area (Å²) in [6.45, 7) is 0. The minimum absolute atomic E-state index is 0.224. The van der Waals surface area contributed by atoms with Crippen molar-refractivity contribution >= 4 is 22.9 Å². The van der Waals surface area contributed by atoms with Crippen molar-refractivity contribution in [3.05, 3.63) is 71.5 Å². The zero-order valence-electron chi connectivity index (χ0n) is 14.9. The molecule has 1 aliphatic rings. The van der Waals surface area contributed by atoms with E-state index < -0.39 is 46.2 Å². The lowest BCUT2D eigenvalue weighted by Gasteiger charge is -2.19. The monoisotopic (exact) mass is 426 g/mol. The van der Waals surface area contributed by atoms with Crippen molar-refractivity contribution in [1.82, 2.24) is 0 Å². The van der Waals surface area contributed by atoms with E-state index in [4.69, 9.17) is 5.73 Å². The Bertz CT molecular complexity index is 1100. The number of allylic oxidation sites excluding steroid dienone is 3. The summed E-state index contributed by atoms with van der Waals surface area (Å²) in [6, 6.07) is 5.01. The molecule has 0 atom stereocenters. The Labute approximate surface area is 165 Å². The van der Waals surface area contributed by atoms with Crippen molar-refractivity contribution in [3.63, 3.8) is 0 Å². The number of nitrogen functional groups attached to an aromatic ring is 1. The van der Waals surface area contributed by atoms with Gasteiger partial charge in [-0.1, -0.05) is 12.1 Å². The number of carbonyl (C=O) groups excluding carboxylic acids is 2. The predicted molar refractivity (Wildman–Crippen MR) is 97.2 cm³/mol. The first-order valence-corrected chi connectivity index (χ1v) is 8.29. The first-order chi connectivity index (χ1) is 13.9. The van der Waals surface area contributed by atoms with E-state index in [1.54, 1.807) is 0 Å². The third-order valence-electron chi connectivity index (χ3n) is 4.19. The third kappa shape index (κ3) is 4.37. The van der Waals surface area contributed by atoms with Gasteiger partial charge in [0, 0.05) is 17.5 Å². The number of anilines is 2.